The van der Waals surface area contributed by atoms with E-state index in [4.69, 9.17) is 23.2 Å². The third-order valence-corrected chi connectivity index (χ3v) is 4.92. The van der Waals surface area contributed by atoms with E-state index in [9.17, 15) is 4.79 Å². The van der Waals surface area contributed by atoms with Crippen LogP contribution in [-0.4, -0.2) is 20.5 Å². The second-order valence-electron chi connectivity index (χ2n) is 5.37. The summed E-state index contributed by atoms with van der Waals surface area (Å²) in [6, 6.07) is 5.06. The molecule has 0 radical (unpaired) electrons. The lowest BCUT2D eigenvalue weighted by atomic mass is 9.85. The molecule has 2 aliphatic rings. The van der Waals surface area contributed by atoms with Gasteiger partial charge in [-0.2, -0.15) is 10.1 Å². The smallest absolute Gasteiger partial charge is 0.226 e. The molecule has 7 heteroatoms. The minimum absolute atomic E-state index is 0.121. The van der Waals surface area contributed by atoms with Gasteiger partial charge in [-0.15, -0.1) is 0 Å². The Balaban J connectivity index is 1.97. The second kappa shape index (κ2) is 5.11. The topological polar surface area (TPSA) is 59.8 Å². The maximum atomic E-state index is 12.5. The highest BCUT2D eigenvalue weighted by Crippen LogP contribution is 2.42. The van der Waals surface area contributed by atoms with Crippen molar-refractivity contribution in [3.63, 3.8) is 0 Å². The van der Waals surface area contributed by atoms with Crippen LogP contribution in [-0.2, 0) is 4.79 Å². The van der Waals surface area contributed by atoms with E-state index in [2.05, 4.69) is 15.4 Å². The minimum atomic E-state index is -0.382. The van der Waals surface area contributed by atoms with Crippen molar-refractivity contribution in [2.75, 3.05) is 5.32 Å². The summed E-state index contributed by atoms with van der Waals surface area (Å²) >= 11 is 12.5. The molecular formula is C15H12Cl2N4O. The van der Waals surface area contributed by atoms with E-state index in [1.54, 1.807) is 10.7 Å². The van der Waals surface area contributed by atoms with E-state index >= 15 is 0 Å². The average Bonchev–Trinajstić information content (AvgIpc) is 2.96. The van der Waals surface area contributed by atoms with Gasteiger partial charge in [-0.3, -0.25) is 4.79 Å². The average molecular weight is 335 g/mol. The molecule has 1 aromatic carbocycles. The van der Waals surface area contributed by atoms with E-state index in [1.165, 1.54) is 6.33 Å². The van der Waals surface area contributed by atoms with Gasteiger partial charge in [0, 0.05) is 23.3 Å². The van der Waals surface area contributed by atoms with Crippen LogP contribution in [0, 0.1) is 0 Å². The summed E-state index contributed by atoms with van der Waals surface area (Å²) in [5.74, 6) is 0.741. The SMILES string of the molecule is O=C1CCCC2=C1C(c1cccc(Cl)c1Cl)n1ncnc1N2. The Morgan fingerprint density at radius 1 is 1.27 bits per heavy atom. The number of nitrogens with one attached hydrogen (secondary N) is 1. The molecule has 0 amide bonds. The summed E-state index contributed by atoms with van der Waals surface area (Å²) in [6.07, 6.45) is 3.67. The van der Waals surface area contributed by atoms with Gasteiger partial charge in [0.05, 0.1) is 10.0 Å². The third kappa shape index (κ3) is 1.96. The lowest BCUT2D eigenvalue weighted by Crippen LogP contribution is -2.31. The monoisotopic (exact) mass is 334 g/mol. The zero-order valence-electron chi connectivity index (χ0n) is 11.5. The van der Waals surface area contributed by atoms with Crippen LogP contribution < -0.4 is 5.32 Å². The summed E-state index contributed by atoms with van der Waals surface area (Å²) in [5, 5.41) is 8.39. The third-order valence-electron chi connectivity index (χ3n) is 4.09. The molecule has 2 heterocycles. The normalized spacial score (nSPS) is 20.5. The standard InChI is InChI=1S/C15H12Cl2N4O/c16-9-4-1-3-8(13(9)17)14-12-10(5-2-6-11(12)22)20-15-18-7-19-21(14)15/h1,3-4,7,14H,2,5-6H2,(H,18,19,20). The number of halogens is 2. The van der Waals surface area contributed by atoms with Crippen LogP contribution >= 0.6 is 23.2 Å². The summed E-state index contributed by atoms with van der Waals surface area (Å²) in [6.45, 7) is 0. The number of nitrogens with zero attached hydrogens (tertiary/aromatic N) is 3. The van der Waals surface area contributed by atoms with Crippen molar-refractivity contribution in [3.05, 3.63) is 51.4 Å². The number of carbonyl (C=O) groups excluding carboxylic acids is 1. The number of hydrogen-bond acceptors (Lipinski definition) is 4. The fourth-order valence-electron chi connectivity index (χ4n) is 3.12. The van der Waals surface area contributed by atoms with E-state index in [0.29, 0.717) is 28.0 Å². The number of Topliss-reactive ketones (excluding diaryl/α,β-unsaturated/α-hetero) is 1. The first-order valence-corrected chi connectivity index (χ1v) is 7.79. The Morgan fingerprint density at radius 2 is 2.14 bits per heavy atom. The Bertz CT molecular complexity index is 812. The fraction of sp³-hybridized carbons (Fsp3) is 0.267. The number of rotatable bonds is 1. The highest BCUT2D eigenvalue weighted by molar-refractivity contribution is 6.42. The molecule has 1 atom stereocenters. The van der Waals surface area contributed by atoms with Crippen LogP contribution in [0.1, 0.15) is 30.9 Å². The number of allylic oxidation sites excluding steroid dienone is 2. The summed E-state index contributed by atoms with van der Waals surface area (Å²) in [5.41, 5.74) is 2.40. The van der Waals surface area contributed by atoms with Crippen molar-refractivity contribution >= 4 is 34.9 Å². The van der Waals surface area contributed by atoms with Gasteiger partial charge >= 0.3 is 0 Å². The Hall–Kier alpha value is -1.85. The number of benzene rings is 1. The molecule has 22 heavy (non-hydrogen) atoms. The molecule has 5 nitrogen and oxygen atoms in total. The molecule has 0 saturated heterocycles. The maximum Gasteiger partial charge on any atom is 0.226 e. The van der Waals surface area contributed by atoms with Gasteiger partial charge < -0.3 is 5.32 Å². The molecule has 1 unspecified atom stereocenters. The van der Waals surface area contributed by atoms with Crippen LogP contribution in [0.15, 0.2) is 35.8 Å². The molecule has 1 N–H and O–H groups in total. The molecule has 0 bridgehead atoms. The van der Waals surface area contributed by atoms with E-state index in [1.807, 2.05) is 12.1 Å². The number of hydrogen-bond donors (Lipinski definition) is 1. The minimum Gasteiger partial charge on any atom is -0.328 e. The summed E-state index contributed by atoms with van der Waals surface area (Å²) in [4.78, 5) is 16.7. The Labute approximate surface area is 136 Å². The van der Waals surface area contributed by atoms with Gasteiger partial charge in [0.15, 0.2) is 5.78 Å². The molecule has 1 aromatic heterocycles. The molecular weight excluding hydrogens is 323 g/mol. The van der Waals surface area contributed by atoms with Crippen LogP contribution in [0.2, 0.25) is 10.0 Å². The van der Waals surface area contributed by atoms with E-state index < -0.39 is 0 Å². The fourth-order valence-corrected chi connectivity index (χ4v) is 3.53. The lowest BCUT2D eigenvalue weighted by Gasteiger charge is -2.32. The number of aromatic nitrogens is 3. The van der Waals surface area contributed by atoms with Crippen LogP contribution in [0.4, 0.5) is 5.95 Å². The lowest BCUT2D eigenvalue weighted by molar-refractivity contribution is -0.116. The highest BCUT2D eigenvalue weighted by Gasteiger charge is 2.37. The van der Waals surface area contributed by atoms with Gasteiger partial charge in [0.25, 0.3) is 0 Å². The number of ketones is 1. The first-order chi connectivity index (χ1) is 10.7. The van der Waals surface area contributed by atoms with Crippen LogP contribution in [0.5, 0.6) is 0 Å². The molecule has 0 saturated carbocycles. The first kappa shape index (κ1) is 13.8. The van der Waals surface area contributed by atoms with Crippen molar-refractivity contribution in [3.8, 4) is 0 Å². The van der Waals surface area contributed by atoms with Crippen molar-refractivity contribution in [1.29, 1.82) is 0 Å². The summed E-state index contributed by atoms with van der Waals surface area (Å²) in [7, 11) is 0. The largest absolute Gasteiger partial charge is 0.328 e. The summed E-state index contributed by atoms with van der Waals surface area (Å²) < 4.78 is 1.69. The molecule has 4 rings (SSSR count). The number of carbonyl (C=O) groups is 1. The first-order valence-electron chi connectivity index (χ1n) is 7.03. The van der Waals surface area contributed by atoms with Gasteiger partial charge in [0.1, 0.15) is 12.4 Å². The predicted molar refractivity (Wildman–Crippen MR) is 84.1 cm³/mol. The van der Waals surface area contributed by atoms with Crippen molar-refractivity contribution in [2.45, 2.75) is 25.3 Å². The van der Waals surface area contributed by atoms with Gasteiger partial charge in [0.2, 0.25) is 5.95 Å². The molecule has 0 fully saturated rings. The van der Waals surface area contributed by atoms with Crippen molar-refractivity contribution in [2.24, 2.45) is 0 Å². The molecule has 0 spiro atoms. The number of anilines is 1. The van der Waals surface area contributed by atoms with Gasteiger partial charge in [-0.25, -0.2) is 4.68 Å². The van der Waals surface area contributed by atoms with Crippen molar-refractivity contribution < 1.29 is 4.79 Å². The molecule has 112 valence electrons. The van der Waals surface area contributed by atoms with Crippen molar-refractivity contribution in [1.82, 2.24) is 14.8 Å². The van der Waals surface area contributed by atoms with E-state index in [0.717, 1.165) is 24.1 Å². The molecule has 2 aromatic rings. The second-order valence-corrected chi connectivity index (χ2v) is 6.15. The Kier molecular flexibility index (Phi) is 3.20. The molecule has 1 aliphatic heterocycles. The van der Waals surface area contributed by atoms with Crippen LogP contribution in [0.25, 0.3) is 0 Å². The van der Waals surface area contributed by atoms with Gasteiger partial charge in [-0.05, 0) is 18.9 Å². The van der Waals surface area contributed by atoms with E-state index in [-0.39, 0.29) is 11.8 Å². The van der Waals surface area contributed by atoms with Gasteiger partial charge in [-0.1, -0.05) is 35.3 Å². The zero-order valence-corrected chi connectivity index (χ0v) is 13.0. The molecule has 1 aliphatic carbocycles. The number of fused-ring (bicyclic) bond motifs is 1. The maximum absolute atomic E-state index is 12.5. The van der Waals surface area contributed by atoms with Crippen LogP contribution in [0.3, 0.4) is 0 Å². The Morgan fingerprint density at radius 3 is 3.00 bits per heavy atom. The highest BCUT2D eigenvalue weighted by atomic mass is 35.5. The quantitative estimate of drug-likeness (QED) is 0.865. The zero-order chi connectivity index (χ0) is 15.3. The predicted octanol–water partition coefficient (Wildman–Crippen LogP) is 3.61.